The topological polar surface area (TPSA) is 3.24 Å². The summed E-state index contributed by atoms with van der Waals surface area (Å²) >= 11 is 0. The van der Waals surface area contributed by atoms with Gasteiger partial charge in [0.25, 0.3) is 0 Å². The van der Waals surface area contributed by atoms with E-state index >= 15 is 0 Å². The Bertz CT molecular complexity index is 377. The van der Waals surface area contributed by atoms with Gasteiger partial charge in [0.05, 0.1) is 0 Å². The Balaban J connectivity index is 0.00000108. The van der Waals surface area contributed by atoms with Crippen molar-refractivity contribution in [3.05, 3.63) is 47.5 Å². The first-order valence-electron chi connectivity index (χ1n) is 6.37. The van der Waals surface area contributed by atoms with Crippen LogP contribution in [-0.2, 0) is 6.42 Å². The summed E-state index contributed by atoms with van der Waals surface area (Å²) in [6, 6.07) is 10.8. The molecule has 0 aromatic heterocycles. The second-order valence-electron chi connectivity index (χ2n) is 5.02. The number of fused-ring (bicyclic) bond motifs is 3. The van der Waals surface area contributed by atoms with Gasteiger partial charge in [-0.25, -0.2) is 0 Å². The van der Waals surface area contributed by atoms with Gasteiger partial charge in [-0.1, -0.05) is 42.0 Å². The SMILES string of the molecule is C(Cc1ccccc1)=C1CN2CCC1CC2.Cl. The van der Waals surface area contributed by atoms with Crippen molar-refractivity contribution in [3.63, 3.8) is 0 Å². The highest BCUT2D eigenvalue weighted by atomic mass is 35.5. The molecule has 0 saturated carbocycles. The van der Waals surface area contributed by atoms with Crippen molar-refractivity contribution < 1.29 is 0 Å². The van der Waals surface area contributed by atoms with E-state index < -0.39 is 0 Å². The third-order valence-electron chi connectivity index (χ3n) is 3.96. The first-order valence-corrected chi connectivity index (χ1v) is 6.37. The van der Waals surface area contributed by atoms with Crippen LogP contribution >= 0.6 is 12.4 Å². The quantitative estimate of drug-likeness (QED) is 0.727. The second kappa shape index (κ2) is 5.70. The van der Waals surface area contributed by atoms with Gasteiger partial charge in [0, 0.05) is 6.54 Å². The molecule has 3 heterocycles. The molecule has 0 N–H and O–H groups in total. The van der Waals surface area contributed by atoms with Crippen molar-refractivity contribution >= 4 is 12.4 Å². The molecule has 17 heavy (non-hydrogen) atoms. The second-order valence-corrected chi connectivity index (χ2v) is 5.02. The van der Waals surface area contributed by atoms with Gasteiger partial charge < -0.3 is 0 Å². The fourth-order valence-electron chi connectivity index (χ4n) is 2.94. The summed E-state index contributed by atoms with van der Waals surface area (Å²) < 4.78 is 0. The zero-order valence-electron chi connectivity index (χ0n) is 10.1. The van der Waals surface area contributed by atoms with E-state index in [1.807, 2.05) is 0 Å². The lowest BCUT2D eigenvalue weighted by Gasteiger charge is -2.41. The minimum atomic E-state index is 0. The van der Waals surface area contributed by atoms with Crippen LogP contribution in [0.4, 0.5) is 0 Å². The Morgan fingerprint density at radius 3 is 2.41 bits per heavy atom. The zero-order valence-corrected chi connectivity index (χ0v) is 11.0. The lowest BCUT2D eigenvalue weighted by Crippen LogP contribution is -2.43. The predicted octanol–water partition coefficient (Wildman–Crippen LogP) is 3.30. The summed E-state index contributed by atoms with van der Waals surface area (Å²) in [5, 5.41) is 0. The van der Waals surface area contributed by atoms with Gasteiger partial charge in [-0.3, -0.25) is 4.90 Å². The third kappa shape index (κ3) is 2.91. The molecule has 3 aliphatic heterocycles. The third-order valence-corrected chi connectivity index (χ3v) is 3.96. The van der Waals surface area contributed by atoms with Gasteiger partial charge in [0.2, 0.25) is 0 Å². The van der Waals surface area contributed by atoms with Crippen molar-refractivity contribution in [2.45, 2.75) is 19.3 Å². The van der Waals surface area contributed by atoms with Crippen LogP contribution in [0.3, 0.4) is 0 Å². The number of halogens is 1. The van der Waals surface area contributed by atoms with Crippen molar-refractivity contribution in [2.75, 3.05) is 19.6 Å². The summed E-state index contributed by atoms with van der Waals surface area (Å²) in [5.41, 5.74) is 3.13. The molecule has 0 unspecified atom stereocenters. The Labute approximate surface area is 110 Å². The van der Waals surface area contributed by atoms with Crippen LogP contribution in [0.15, 0.2) is 42.0 Å². The summed E-state index contributed by atoms with van der Waals surface area (Å²) in [7, 11) is 0. The molecule has 92 valence electrons. The average molecular weight is 250 g/mol. The number of nitrogens with zero attached hydrogens (tertiary/aromatic N) is 1. The normalized spacial score (nSPS) is 29.1. The molecule has 4 rings (SSSR count). The Hall–Kier alpha value is -0.790. The number of hydrogen-bond donors (Lipinski definition) is 0. The molecule has 1 aromatic carbocycles. The van der Waals surface area contributed by atoms with Crippen molar-refractivity contribution in [2.24, 2.45) is 5.92 Å². The number of benzene rings is 1. The van der Waals surface area contributed by atoms with Crippen LogP contribution < -0.4 is 0 Å². The van der Waals surface area contributed by atoms with Crippen LogP contribution in [-0.4, -0.2) is 24.5 Å². The van der Waals surface area contributed by atoms with Crippen molar-refractivity contribution in [1.29, 1.82) is 0 Å². The highest BCUT2D eigenvalue weighted by molar-refractivity contribution is 5.85. The van der Waals surface area contributed by atoms with Crippen LogP contribution in [0.25, 0.3) is 0 Å². The van der Waals surface area contributed by atoms with E-state index in [-0.39, 0.29) is 12.4 Å². The first-order chi connectivity index (χ1) is 7.92. The standard InChI is InChI=1S/C15H19N.ClH/c1-2-4-13(5-3-1)6-7-15-12-16-10-8-14(15)9-11-16;/h1-5,7,14H,6,8-12H2;1H. The summed E-state index contributed by atoms with van der Waals surface area (Å²) in [6.45, 7) is 3.89. The van der Waals surface area contributed by atoms with Gasteiger partial charge in [0.1, 0.15) is 0 Å². The average Bonchev–Trinajstić information content (AvgIpc) is 2.39. The maximum atomic E-state index is 2.59. The van der Waals surface area contributed by atoms with Crippen molar-refractivity contribution in [1.82, 2.24) is 4.90 Å². The molecule has 3 saturated heterocycles. The number of piperidine rings is 3. The van der Waals surface area contributed by atoms with Gasteiger partial charge in [0.15, 0.2) is 0 Å². The lowest BCUT2D eigenvalue weighted by atomic mass is 9.83. The molecule has 0 radical (unpaired) electrons. The Morgan fingerprint density at radius 1 is 1.12 bits per heavy atom. The van der Waals surface area contributed by atoms with Crippen LogP contribution in [0, 0.1) is 5.92 Å². The molecule has 0 aliphatic carbocycles. The highest BCUT2D eigenvalue weighted by Gasteiger charge is 2.28. The minimum Gasteiger partial charge on any atom is -0.299 e. The highest BCUT2D eigenvalue weighted by Crippen LogP contribution is 2.31. The van der Waals surface area contributed by atoms with Gasteiger partial charge >= 0.3 is 0 Å². The van der Waals surface area contributed by atoms with Crippen LogP contribution in [0.5, 0.6) is 0 Å². The predicted molar refractivity (Wildman–Crippen MR) is 74.6 cm³/mol. The molecule has 0 spiro atoms. The van der Waals surface area contributed by atoms with E-state index in [1.165, 1.54) is 38.0 Å². The number of allylic oxidation sites excluding steroid dienone is 1. The summed E-state index contributed by atoms with van der Waals surface area (Å²) in [5.74, 6) is 0.897. The molecule has 3 fully saturated rings. The molecule has 2 bridgehead atoms. The molecule has 1 nitrogen and oxygen atoms in total. The molecular formula is C15H20ClN. The molecular weight excluding hydrogens is 230 g/mol. The van der Waals surface area contributed by atoms with E-state index in [2.05, 4.69) is 41.3 Å². The molecule has 3 aliphatic rings. The summed E-state index contributed by atoms with van der Waals surface area (Å²) in [4.78, 5) is 2.59. The van der Waals surface area contributed by atoms with Crippen molar-refractivity contribution in [3.8, 4) is 0 Å². The largest absolute Gasteiger partial charge is 0.299 e. The van der Waals surface area contributed by atoms with Gasteiger partial charge in [-0.05, 0) is 43.8 Å². The van der Waals surface area contributed by atoms with Gasteiger partial charge in [-0.15, -0.1) is 12.4 Å². The maximum Gasteiger partial charge on any atom is 0.0195 e. The fraction of sp³-hybridized carbons (Fsp3) is 0.467. The lowest BCUT2D eigenvalue weighted by molar-refractivity contribution is 0.161. The number of rotatable bonds is 2. The molecule has 0 amide bonds. The first kappa shape index (κ1) is 12.7. The molecule has 1 aromatic rings. The Kier molecular flexibility index (Phi) is 4.25. The smallest absolute Gasteiger partial charge is 0.0195 e. The van der Waals surface area contributed by atoms with E-state index in [0.717, 1.165) is 12.3 Å². The van der Waals surface area contributed by atoms with Crippen LogP contribution in [0.2, 0.25) is 0 Å². The molecule has 2 heteroatoms. The van der Waals surface area contributed by atoms with E-state index in [0.29, 0.717) is 0 Å². The Morgan fingerprint density at radius 2 is 1.82 bits per heavy atom. The number of hydrogen-bond acceptors (Lipinski definition) is 1. The summed E-state index contributed by atoms with van der Waals surface area (Å²) in [6.07, 6.45) is 6.37. The zero-order chi connectivity index (χ0) is 10.8. The maximum absolute atomic E-state index is 2.59. The molecule has 0 atom stereocenters. The monoisotopic (exact) mass is 249 g/mol. The fourth-order valence-corrected chi connectivity index (χ4v) is 2.94. The van der Waals surface area contributed by atoms with Gasteiger partial charge in [-0.2, -0.15) is 0 Å². The van der Waals surface area contributed by atoms with E-state index in [9.17, 15) is 0 Å². The minimum absolute atomic E-state index is 0. The van der Waals surface area contributed by atoms with E-state index in [4.69, 9.17) is 0 Å². The van der Waals surface area contributed by atoms with Crippen LogP contribution in [0.1, 0.15) is 18.4 Å². The van der Waals surface area contributed by atoms with E-state index in [1.54, 1.807) is 5.57 Å².